The molecule has 0 aromatic rings. The Hall–Kier alpha value is -0.570. The largest absolute Gasteiger partial charge is 0.465 e. The molecule has 0 bridgehead atoms. The lowest BCUT2D eigenvalue weighted by molar-refractivity contribution is -0.145. The van der Waals surface area contributed by atoms with E-state index in [0.717, 1.165) is 0 Å². The summed E-state index contributed by atoms with van der Waals surface area (Å²) in [6.45, 7) is 0.621. The number of ether oxygens (including phenoxy) is 1. The summed E-state index contributed by atoms with van der Waals surface area (Å²) in [6, 6.07) is 0.0385. The van der Waals surface area contributed by atoms with Crippen LogP contribution in [0.5, 0.6) is 0 Å². The van der Waals surface area contributed by atoms with Gasteiger partial charge in [-0.2, -0.15) is 0 Å². The molecule has 0 spiro atoms. The van der Waals surface area contributed by atoms with Gasteiger partial charge in [-0.05, 0) is 37.5 Å². The van der Waals surface area contributed by atoms with Gasteiger partial charge in [-0.3, -0.25) is 4.79 Å². The van der Waals surface area contributed by atoms with Gasteiger partial charge in [0.15, 0.2) is 0 Å². The highest BCUT2D eigenvalue weighted by atomic mass is 16.5. The van der Waals surface area contributed by atoms with E-state index in [1.54, 1.807) is 0 Å². The number of nitrogens with two attached hydrogens (primary N) is 1. The van der Waals surface area contributed by atoms with Gasteiger partial charge in [0.1, 0.15) is 0 Å². The summed E-state index contributed by atoms with van der Waals surface area (Å²) >= 11 is 0. The highest BCUT2D eigenvalue weighted by Crippen LogP contribution is 2.33. The molecule has 0 saturated heterocycles. The molecule has 2 rings (SSSR count). The zero-order valence-electron chi connectivity index (χ0n) is 10.7. The van der Waals surface area contributed by atoms with Gasteiger partial charge in [-0.1, -0.05) is 25.7 Å². The maximum Gasteiger partial charge on any atom is 0.307 e. The summed E-state index contributed by atoms with van der Waals surface area (Å²) < 4.78 is 5.37. The second kappa shape index (κ2) is 6.39. The van der Waals surface area contributed by atoms with Gasteiger partial charge < -0.3 is 10.5 Å². The van der Waals surface area contributed by atoms with Crippen molar-refractivity contribution in [1.82, 2.24) is 0 Å². The van der Waals surface area contributed by atoms with Crippen molar-refractivity contribution < 1.29 is 9.53 Å². The quantitative estimate of drug-likeness (QED) is 0.592. The van der Waals surface area contributed by atoms with Gasteiger partial charge >= 0.3 is 5.97 Å². The molecule has 2 N–H and O–H groups in total. The van der Waals surface area contributed by atoms with Crippen LogP contribution in [0.1, 0.15) is 57.8 Å². The fourth-order valence-corrected chi connectivity index (χ4v) is 2.68. The van der Waals surface area contributed by atoms with Crippen molar-refractivity contribution in [3.05, 3.63) is 0 Å². The van der Waals surface area contributed by atoms with Gasteiger partial charge in [-0.25, -0.2) is 0 Å². The van der Waals surface area contributed by atoms with Gasteiger partial charge in [0.05, 0.1) is 13.0 Å². The van der Waals surface area contributed by atoms with E-state index in [2.05, 4.69) is 0 Å². The fraction of sp³-hybridized carbons (Fsp3) is 0.929. The lowest BCUT2D eigenvalue weighted by Crippen LogP contribution is -2.27. The van der Waals surface area contributed by atoms with Crippen molar-refractivity contribution >= 4 is 5.97 Å². The Labute approximate surface area is 104 Å². The molecule has 2 aliphatic rings. The number of hydrogen-bond donors (Lipinski definition) is 1. The minimum Gasteiger partial charge on any atom is -0.465 e. The summed E-state index contributed by atoms with van der Waals surface area (Å²) in [4.78, 5) is 11.6. The first-order valence-corrected chi connectivity index (χ1v) is 7.17. The Morgan fingerprint density at radius 3 is 2.35 bits per heavy atom. The van der Waals surface area contributed by atoms with Crippen LogP contribution in [0.15, 0.2) is 0 Å². The van der Waals surface area contributed by atoms with Crippen molar-refractivity contribution in [3.8, 4) is 0 Å². The first kappa shape index (κ1) is 12.9. The molecule has 1 unspecified atom stereocenters. The van der Waals surface area contributed by atoms with Gasteiger partial charge in [-0.15, -0.1) is 0 Å². The van der Waals surface area contributed by atoms with Crippen molar-refractivity contribution in [2.24, 2.45) is 17.6 Å². The molecule has 2 fully saturated rings. The predicted molar refractivity (Wildman–Crippen MR) is 67.5 cm³/mol. The van der Waals surface area contributed by atoms with Crippen LogP contribution in [0.4, 0.5) is 0 Å². The van der Waals surface area contributed by atoms with Crippen molar-refractivity contribution in [3.63, 3.8) is 0 Å². The minimum absolute atomic E-state index is 0.0385. The van der Waals surface area contributed by atoms with Crippen molar-refractivity contribution in [1.29, 1.82) is 0 Å². The predicted octanol–water partition coefficient (Wildman–Crippen LogP) is 2.63. The number of esters is 1. The summed E-state index contributed by atoms with van der Waals surface area (Å²) in [5.74, 6) is 1.09. The molecule has 0 radical (unpaired) electrons. The Kier molecular flexibility index (Phi) is 4.84. The zero-order valence-corrected chi connectivity index (χ0v) is 10.7. The Bertz CT molecular complexity index is 243. The van der Waals surface area contributed by atoms with E-state index >= 15 is 0 Å². The second-order valence-corrected chi connectivity index (χ2v) is 5.75. The van der Waals surface area contributed by atoms with Crippen LogP contribution in [0, 0.1) is 11.8 Å². The molecular weight excluding hydrogens is 214 g/mol. The monoisotopic (exact) mass is 239 g/mol. The third-order valence-corrected chi connectivity index (χ3v) is 4.08. The third-order valence-electron chi connectivity index (χ3n) is 4.08. The highest BCUT2D eigenvalue weighted by Gasteiger charge is 2.30. The van der Waals surface area contributed by atoms with E-state index in [1.165, 1.54) is 51.4 Å². The maximum absolute atomic E-state index is 11.6. The summed E-state index contributed by atoms with van der Waals surface area (Å²) in [6.07, 6.45) is 10.5. The van der Waals surface area contributed by atoms with Crippen LogP contribution in [0.2, 0.25) is 0 Å². The summed E-state index contributed by atoms with van der Waals surface area (Å²) in [7, 11) is 0. The van der Waals surface area contributed by atoms with E-state index in [-0.39, 0.29) is 12.0 Å². The number of carbonyl (C=O) groups excluding carboxylic acids is 1. The van der Waals surface area contributed by atoms with E-state index in [0.29, 0.717) is 24.9 Å². The molecular formula is C14H25NO2. The highest BCUT2D eigenvalue weighted by molar-refractivity contribution is 5.70. The summed E-state index contributed by atoms with van der Waals surface area (Å²) in [5, 5.41) is 0. The van der Waals surface area contributed by atoms with E-state index in [1.807, 2.05) is 0 Å². The molecule has 17 heavy (non-hydrogen) atoms. The molecule has 0 aromatic carbocycles. The maximum atomic E-state index is 11.6. The Morgan fingerprint density at radius 1 is 1.12 bits per heavy atom. The first-order chi connectivity index (χ1) is 8.25. The smallest absolute Gasteiger partial charge is 0.307 e. The SMILES string of the molecule is NC(CC(=O)OCC1CCCCCC1)C1CC1. The second-order valence-electron chi connectivity index (χ2n) is 5.75. The first-order valence-electron chi connectivity index (χ1n) is 7.17. The molecule has 3 heteroatoms. The molecule has 2 aliphatic carbocycles. The number of carbonyl (C=O) groups is 1. The van der Waals surface area contributed by atoms with Gasteiger partial charge in [0, 0.05) is 6.04 Å². The topological polar surface area (TPSA) is 52.3 Å². The molecule has 98 valence electrons. The lowest BCUT2D eigenvalue weighted by Gasteiger charge is -2.15. The minimum atomic E-state index is -0.0892. The van der Waals surface area contributed by atoms with Crippen LogP contribution in [0.25, 0.3) is 0 Å². The normalized spacial score (nSPS) is 24.1. The van der Waals surface area contributed by atoms with Crippen LogP contribution in [-0.4, -0.2) is 18.6 Å². The average molecular weight is 239 g/mol. The molecule has 3 nitrogen and oxygen atoms in total. The lowest BCUT2D eigenvalue weighted by atomic mass is 10.0. The number of hydrogen-bond acceptors (Lipinski definition) is 3. The molecule has 0 heterocycles. The van der Waals surface area contributed by atoms with Crippen molar-refractivity contribution in [2.45, 2.75) is 63.8 Å². The van der Waals surface area contributed by atoms with Gasteiger partial charge in [0.25, 0.3) is 0 Å². The van der Waals surface area contributed by atoms with Crippen molar-refractivity contribution in [2.75, 3.05) is 6.61 Å². The van der Waals surface area contributed by atoms with Crippen LogP contribution >= 0.6 is 0 Å². The van der Waals surface area contributed by atoms with E-state index < -0.39 is 0 Å². The zero-order chi connectivity index (χ0) is 12.1. The molecule has 2 saturated carbocycles. The average Bonchev–Trinajstić information content (AvgIpc) is 3.13. The number of rotatable bonds is 5. The van der Waals surface area contributed by atoms with E-state index in [9.17, 15) is 4.79 Å². The van der Waals surface area contributed by atoms with Crippen LogP contribution in [-0.2, 0) is 9.53 Å². The molecule has 0 amide bonds. The molecule has 0 aromatic heterocycles. The Morgan fingerprint density at radius 2 is 1.76 bits per heavy atom. The standard InChI is InChI=1S/C14H25NO2/c15-13(12-7-8-12)9-14(16)17-10-11-5-3-1-2-4-6-11/h11-13H,1-10,15H2. The van der Waals surface area contributed by atoms with E-state index in [4.69, 9.17) is 10.5 Å². The van der Waals surface area contributed by atoms with Crippen LogP contribution < -0.4 is 5.73 Å². The molecule has 0 aliphatic heterocycles. The van der Waals surface area contributed by atoms with Gasteiger partial charge in [0.2, 0.25) is 0 Å². The fourth-order valence-electron chi connectivity index (χ4n) is 2.68. The van der Waals surface area contributed by atoms with Crippen LogP contribution in [0.3, 0.4) is 0 Å². The summed E-state index contributed by atoms with van der Waals surface area (Å²) in [5.41, 5.74) is 5.91. The molecule has 1 atom stereocenters. The Balaban J connectivity index is 1.60. The third kappa shape index (κ3) is 4.66.